The number of benzene rings is 2. The van der Waals surface area contributed by atoms with Crippen molar-refractivity contribution in [2.75, 3.05) is 0 Å². The van der Waals surface area contributed by atoms with Gasteiger partial charge in [0.25, 0.3) is 5.91 Å². The van der Waals surface area contributed by atoms with Crippen LogP contribution in [0.5, 0.6) is 5.75 Å². The van der Waals surface area contributed by atoms with Crippen LogP contribution in [-0.4, -0.2) is 23.7 Å². The van der Waals surface area contributed by atoms with Crippen LogP contribution in [0.15, 0.2) is 48.5 Å². The first-order valence-electron chi connectivity index (χ1n) is 8.46. The zero-order chi connectivity index (χ0) is 19.8. The summed E-state index contributed by atoms with van der Waals surface area (Å²) in [5.74, 6) is -1.96. The fourth-order valence-corrected chi connectivity index (χ4v) is 2.19. The number of hydrazine groups is 1. The topological polar surface area (TPSA) is 84.5 Å². The smallest absolute Gasteiger partial charge is 0.279 e. The molecule has 2 rings (SSSR count). The SMILES string of the molecule is Cc1ccc(C(=O)CCC(=O)NNC(=O)C(C)Oc2ccccc2F)cc1. The van der Waals surface area contributed by atoms with Crippen molar-refractivity contribution < 1.29 is 23.5 Å². The van der Waals surface area contributed by atoms with Gasteiger partial charge in [0.1, 0.15) is 0 Å². The van der Waals surface area contributed by atoms with Crippen LogP contribution in [0.2, 0.25) is 0 Å². The molecule has 2 N–H and O–H groups in total. The molecule has 0 heterocycles. The Kier molecular flexibility index (Phi) is 7.05. The molecule has 27 heavy (non-hydrogen) atoms. The van der Waals surface area contributed by atoms with Crippen molar-refractivity contribution in [1.82, 2.24) is 10.9 Å². The number of hydrogen-bond acceptors (Lipinski definition) is 4. The van der Waals surface area contributed by atoms with Crippen LogP contribution in [0.3, 0.4) is 0 Å². The van der Waals surface area contributed by atoms with E-state index < -0.39 is 23.7 Å². The molecule has 0 aromatic heterocycles. The van der Waals surface area contributed by atoms with Crippen molar-refractivity contribution in [2.24, 2.45) is 0 Å². The summed E-state index contributed by atoms with van der Waals surface area (Å²) in [5.41, 5.74) is 5.98. The summed E-state index contributed by atoms with van der Waals surface area (Å²) in [4.78, 5) is 35.7. The first-order chi connectivity index (χ1) is 12.9. The van der Waals surface area contributed by atoms with Crippen LogP contribution < -0.4 is 15.6 Å². The number of ketones is 1. The Morgan fingerprint density at radius 2 is 1.67 bits per heavy atom. The average Bonchev–Trinajstić information content (AvgIpc) is 2.66. The summed E-state index contributed by atoms with van der Waals surface area (Å²) in [7, 11) is 0. The number of ether oxygens (including phenoxy) is 1. The highest BCUT2D eigenvalue weighted by Crippen LogP contribution is 2.16. The highest BCUT2D eigenvalue weighted by Gasteiger charge is 2.17. The number of rotatable bonds is 7. The van der Waals surface area contributed by atoms with Gasteiger partial charge in [-0.1, -0.05) is 42.0 Å². The highest BCUT2D eigenvalue weighted by atomic mass is 19.1. The van der Waals surface area contributed by atoms with E-state index in [4.69, 9.17) is 4.74 Å². The molecule has 6 nitrogen and oxygen atoms in total. The lowest BCUT2D eigenvalue weighted by atomic mass is 10.1. The maximum Gasteiger partial charge on any atom is 0.279 e. The van der Waals surface area contributed by atoms with E-state index in [9.17, 15) is 18.8 Å². The minimum Gasteiger partial charge on any atom is -0.478 e. The number of aryl methyl sites for hydroxylation is 1. The van der Waals surface area contributed by atoms with Crippen LogP contribution in [0.1, 0.15) is 35.7 Å². The highest BCUT2D eigenvalue weighted by molar-refractivity contribution is 5.98. The number of halogens is 1. The number of hydrogen-bond donors (Lipinski definition) is 2. The van der Waals surface area contributed by atoms with E-state index in [0.29, 0.717) is 5.56 Å². The van der Waals surface area contributed by atoms with Gasteiger partial charge < -0.3 is 4.74 Å². The number of amides is 2. The van der Waals surface area contributed by atoms with E-state index in [1.807, 2.05) is 19.1 Å². The molecule has 2 aromatic rings. The van der Waals surface area contributed by atoms with E-state index in [1.165, 1.54) is 25.1 Å². The fourth-order valence-electron chi connectivity index (χ4n) is 2.19. The van der Waals surface area contributed by atoms with E-state index in [2.05, 4.69) is 10.9 Å². The van der Waals surface area contributed by atoms with Crippen molar-refractivity contribution in [3.63, 3.8) is 0 Å². The van der Waals surface area contributed by atoms with E-state index >= 15 is 0 Å². The van der Waals surface area contributed by atoms with Crippen molar-refractivity contribution in [1.29, 1.82) is 0 Å². The third-order valence-corrected chi connectivity index (χ3v) is 3.79. The average molecular weight is 372 g/mol. The van der Waals surface area contributed by atoms with E-state index in [0.717, 1.165) is 5.56 Å². The van der Waals surface area contributed by atoms with Crippen molar-refractivity contribution in [3.8, 4) is 5.75 Å². The molecule has 0 aliphatic heterocycles. The fraction of sp³-hybridized carbons (Fsp3) is 0.250. The van der Waals surface area contributed by atoms with Crippen LogP contribution in [-0.2, 0) is 9.59 Å². The van der Waals surface area contributed by atoms with Gasteiger partial charge >= 0.3 is 0 Å². The normalized spacial score (nSPS) is 11.4. The molecule has 0 radical (unpaired) electrons. The monoisotopic (exact) mass is 372 g/mol. The van der Waals surface area contributed by atoms with Crippen LogP contribution in [0.25, 0.3) is 0 Å². The second-order valence-electron chi connectivity index (χ2n) is 6.02. The summed E-state index contributed by atoms with van der Waals surface area (Å²) in [5, 5.41) is 0. The maximum atomic E-state index is 13.5. The summed E-state index contributed by atoms with van der Waals surface area (Å²) >= 11 is 0. The van der Waals surface area contributed by atoms with Crippen molar-refractivity contribution in [2.45, 2.75) is 32.8 Å². The lowest BCUT2D eigenvalue weighted by molar-refractivity contribution is -0.132. The molecule has 0 spiro atoms. The van der Waals surface area contributed by atoms with Crippen LogP contribution in [0, 0.1) is 12.7 Å². The van der Waals surface area contributed by atoms with E-state index in [-0.39, 0.29) is 24.4 Å². The van der Waals surface area contributed by atoms with Gasteiger partial charge in [-0.05, 0) is 26.0 Å². The molecule has 0 aliphatic rings. The summed E-state index contributed by atoms with van der Waals surface area (Å²) in [6.07, 6.45) is -1.07. The van der Waals surface area contributed by atoms with Crippen molar-refractivity contribution in [3.05, 3.63) is 65.5 Å². The Balaban J connectivity index is 1.74. The Hall–Kier alpha value is -3.22. The molecule has 7 heteroatoms. The van der Waals surface area contributed by atoms with Gasteiger partial charge in [-0.25, -0.2) is 4.39 Å². The number of nitrogens with one attached hydrogen (secondary N) is 2. The Morgan fingerprint density at radius 1 is 1.00 bits per heavy atom. The lowest BCUT2D eigenvalue weighted by Crippen LogP contribution is -2.47. The molecular weight excluding hydrogens is 351 g/mol. The molecule has 0 saturated heterocycles. The van der Waals surface area contributed by atoms with Crippen LogP contribution >= 0.6 is 0 Å². The maximum absolute atomic E-state index is 13.5. The quantitative estimate of drug-likeness (QED) is 0.578. The Morgan fingerprint density at radius 3 is 2.33 bits per heavy atom. The summed E-state index contributed by atoms with van der Waals surface area (Å²) < 4.78 is 18.7. The molecule has 1 atom stereocenters. The number of carbonyl (C=O) groups excluding carboxylic acids is 3. The molecule has 0 aliphatic carbocycles. The minimum absolute atomic E-state index is 0.0199. The standard InChI is InChI=1S/C20H21FN2O4/c1-13-7-9-15(10-8-13)17(24)11-12-19(25)22-23-20(26)14(2)27-18-6-4-3-5-16(18)21/h3-10,14H,11-12H2,1-2H3,(H,22,25)(H,23,26). The number of Topliss-reactive ketones (excluding diaryl/α,β-unsaturated/α-hetero) is 1. The van der Waals surface area contributed by atoms with E-state index in [1.54, 1.807) is 18.2 Å². The van der Waals surface area contributed by atoms with Gasteiger partial charge in [-0.15, -0.1) is 0 Å². The summed E-state index contributed by atoms with van der Waals surface area (Å²) in [6, 6.07) is 12.8. The van der Waals surface area contributed by atoms with Crippen LogP contribution in [0.4, 0.5) is 4.39 Å². The first-order valence-corrected chi connectivity index (χ1v) is 8.46. The molecule has 0 fully saturated rings. The van der Waals surface area contributed by atoms with Gasteiger partial charge in [0, 0.05) is 18.4 Å². The third kappa shape index (κ3) is 6.22. The zero-order valence-corrected chi connectivity index (χ0v) is 15.1. The van der Waals surface area contributed by atoms with Crippen molar-refractivity contribution >= 4 is 17.6 Å². The third-order valence-electron chi connectivity index (χ3n) is 3.79. The largest absolute Gasteiger partial charge is 0.478 e. The zero-order valence-electron chi connectivity index (χ0n) is 15.1. The molecular formula is C20H21FN2O4. The lowest BCUT2D eigenvalue weighted by Gasteiger charge is -2.15. The second kappa shape index (κ2) is 9.47. The molecule has 142 valence electrons. The van der Waals surface area contributed by atoms with Gasteiger partial charge in [-0.2, -0.15) is 0 Å². The Labute approximate surface area is 156 Å². The molecule has 2 aromatic carbocycles. The molecule has 0 bridgehead atoms. The first kappa shape index (κ1) is 20.1. The van der Waals surface area contributed by atoms with Gasteiger partial charge in [0.15, 0.2) is 23.5 Å². The molecule has 1 unspecified atom stereocenters. The Bertz CT molecular complexity index is 821. The number of carbonyl (C=O) groups is 3. The molecule has 2 amide bonds. The second-order valence-corrected chi connectivity index (χ2v) is 6.02. The molecule has 0 saturated carbocycles. The van der Waals surface area contributed by atoms with Gasteiger partial charge in [0.2, 0.25) is 5.91 Å². The minimum atomic E-state index is -1.02. The predicted octanol–water partition coefficient (Wildman–Crippen LogP) is 2.71. The summed E-state index contributed by atoms with van der Waals surface area (Å²) in [6.45, 7) is 3.34. The predicted molar refractivity (Wildman–Crippen MR) is 97.5 cm³/mol. The van der Waals surface area contributed by atoms with Gasteiger partial charge in [0.05, 0.1) is 0 Å². The van der Waals surface area contributed by atoms with Gasteiger partial charge in [-0.3, -0.25) is 25.2 Å². The number of para-hydroxylation sites is 1.